The van der Waals surface area contributed by atoms with Crippen molar-refractivity contribution in [2.75, 3.05) is 0 Å². The van der Waals surface area contributed by atoms with Gasteiger partial charge in [0.05, 0.1) is 9.75 Å². The van der Waals surface area contributed by atoms with Crippen molar-refractivity contribution in [2.45, 2.75) is 218 Å². The molecule has 0 saturated carbocycles. The normalized spacial score (nSPS) is 14.1. The Labute approximate surface area is 439 Å². The maximum Gasteiger partial charge on any atom is 0.155 e. The SMILES string of the molecule is CCCCCCCCC1(CCCCCCCC)c2ccccc2-c2cc3c(cc21)-c1ccc(-c2ccc(-c4nc5sc(-c6cccs6)nc5s4)s2)cc1C3(CCCCCCCC)CCCCCCCC. The van der Waals surface area contributed by atoms with Crippen molar-refractivity contribution in [1.29, 1.82) is 0 Å². The van der Waals surface area contributed by atoms with Gasteiger partial charge in [-0.25, -0.2) is 9.97 Å². The number of thiazole rings is 2. The van der Waals surface area contributed by atoms with Gasteiger partial charge in [0.1, 0.15) is 10.0 Å². The quantitative estimate of drug-likeness (QED) is 0.0405. The number of benzene rings is 3. The van der Waals surface area contributed by atoms with E-state index in [1.165, 1.54) is 211 Å². The Balaban J connectivity index is 1.12. The maximum absolute atomic E-state index is 5.17. The van der Waals surface area contributed by atoms with Gasteiger partial charge in [0.25, 0.3) is 0 Å². The van der Waals surface area contributed by atoms with E-state index < -0.39 is 0 Å². The van der Waals surface area contributed by atoms with Crippen molar-refractivity contribution >= 4 is 55.0 Å². The molecule has 0 aliphatic heterocycles. The molecule has 2 aliphatic carbocycles. The van der Waals surface area contributed by atoms with Crippen LogP contribution in [0.5, 0.6) is 0 Å². The highest BCUT2D eigenvalue weighted by atomic mass is 32.1. The molecule has 0 N–H and O–H groups in total. The Morgan fingerprint density at radius 2 is 0.800 bits per heavy atom. The molecule has 7 aromatic rings. The van der Waals surface area contributed by atoms with Gasteiger partial charge in [-0.3, -0.25) is 0 Å². The van der Waals surface area contributed by atoms with Gasteiger partial charge in [0.15, 0.2) is 9.66 Å². The molecular weight excluding hydrogens is 925 g/mol. The first-order valence-electron chi connectivity index (χ1n) is 28.4. The smallest absolute Gasteiger partial charge is 0.155 e. The van der Waals surface area contributed by atoms with Crippen LogP contribution in [0.25, 0.3) is 62.1 Å². The van der Waals surface area contributed by atoms with Crippen molar-refractivity contribution in [3.8, 4) is 52.5 Å². The highest BCUT2D eigenvalue weighted by Gasteiger charge is 2.48. The lowest BCUT2D eigenvalue weighted by Crippen LogP contribution is -2.27. The van der Waals surface area contributed by atoms with E-state index in [1.54, 1.807) is 67.4 Å². The Kier molecular flexibility index (Phi) is 18.4. The van der Waals surface area contributed by atoms with E-state index in [9.17, 15) is 0 Å². The summed E-state index contributed by atoms with van der Waals surface area (Å²) >= 11 is 7.14. The minimum absolute atomic E-state index is 0.00959. The Hall–Kier alpha value is -3.42. The Morgan fingerprint density at radius 1 is 0.357 bits per heavy atom. The van der Waals surface area contributed by atoms with Crippen LogP contribution in [0, 0.1) is 0 Å². The lowest BCUT2D eigenvalue weighted by molar-refractivity contribution is 0.394. The molecule has 0 atom stereocenters. The summed E-state index contributed by atoms with van der Waals surface area (Å²) in [6.07, 6.45) is 37.2. The first-order chi connectivity index (χ1) is 34.5. The van der Waals surface area contributed by atoms with Gasteiger partial charge in [-0.2, -0.15) is 0 Å². The summed E-state index contributed by atoms with van der Waals surface area (Å²) in [5, 5.41) is 4.31. The van der Waals surface area contributed by atoms with Gasteiger partial charge in [0.2, 0.25) is 0 Å². The number of nitrogens with zero attached hydrogens (tertiary/aromatic N) is 2. The lowest BCUT2D eigenvalue weighted by Gasteiger charge is -2.35. The zero-order valence-electron chi connectivity index (χ0n) is 43.4. The van der Waals surface area contributed by atoms with Crippen molar-refractivity contribution < 1.29 is 0 Å². The minimum Gasteiger partial charge on any atom is -0.222 e. The summed E-state index contributed by atoms with van der Waals surface area (Å²) in [7, 11) is 0. The molecule has 0 radical (unpaired) electrons. The number of hydrogen-bond acceptors (Lipinski definition) is 6. The predicted octanol–water partition coefficient (Wildman–Crippen LogP) is 22.4. The molecule has 9 rings (SSSR count). The number of aromatic nitrogens is 2. The highest BCUT2D eigenvalue weighted by molar-refractivity contribution is 7.32. The molecule has 0 fully saturated rings. The molecule has 2 aliphatic rings. The van der Waals surface area contributed by atoms with E-state index in [2.05, 4.69) is 112 Å². The fourth-order valence-electron chi connectivity index (χ4n) is 12.6. The van der Waals surface area contributed by atoms with Crippen LogP contribution < -0.4 is 0 Å². The number of rotatable bonds is 31. The lowest BCUT2D eigenvalue weighted by atomic mass is 9.68. The van der Waals surface area contributed by atoms with Gasteiger partial charge in [-0.05, 0) is 118 Å². The number of unbranched alkanes of at least 4 members (excludes halogenated alkanes) is 20. The van der Waals surface area contributed by atoms with Crippen LogP contribution in [0.2, 0.25) is 0 Å². The van der Waals surface area contributed by atoms with E-state index in [4.69, 9.17) is 9.97 Å². The molecule has 4 aromatic heterocycles. The van der Waals surface area contributed by atoms with E-state index in [1.807, 2.05) is 11.3 Å². The third-order valence-corrected chi connectivity index (χ3v) is 20.8. The summed E-state index contributed by atoms with van der Waals surface area (Å²) < 4.78 is 0. The standard InChI is InChI=1S/C64H82N2S4/c1-5-9-13-17-21-27-39-63(40-28-22-18-14-10-6-2)52-33-26-25-32-48(52)50-45-55-51(46-54(50)63)49-36-35-47(44-53(49)64(55,41-29-23-19-15-11-7-3)42-30-24-20-16-12-8-4)56-37-38-58(68-56)60-66-62-61(70-60)65-59(69-62)57-34-31-43-67-57/h25-26,31-38,43-46H,5-24,27-30,39-42H2,1-4H3. The van der Waals surface area contributed by atoms with E-state index in [0.717, 1.165) is 19.7 Å². The molecule has 0 spiro atoms. The van der Waals surface area contributed by atoms with E-state index in [0.29, 0.717) is 0 Å². The highest BCUT2D eigenvalue weighted by Crippen LogP contribution is 2.61. The third kappa shape index (κ3) is 11.2. The van der Waals surface area contributed by atoms with Crippen molar-refractivity contribution in [3.05, 3.63) is 106 Å². The van der Waals surface area contributed by atoms with Crippen LogP contribution in [-0.4, -0.2) is 9.97 Å². The van der Waals surface area contributed by atoms with Crippen LogP contribution in [0.3, 0.4) is 0 Å². The second kappa shape index (κ2) is 25.0. The van der Waals surface area contributed by atoms with Crippen LogP contribution in [0.15, 0.2) is 84.2 Å². The predicted molar refractivity (Wildman–Crippen MR) is 312 cm³/mol. The van der Waals surface area contributed by atoms with Crippen molar-refractivity contribution in [2.24, 2.45) is 0 Å². The van der Waals surface area contributed by atoms with Crippen LogP contribution in [0.4, 0.5) is 0 Å². The molecule has 6 heteroatoms. The number of hydrogen-bond donors (Lipinski definition) is 0. The molecule has 0 bridgehead atoms. The molecule has 0 saturated heterocycles. The maximum atomic E-state index is 5.17. The van der Waals surface area contributed by atoms with Crippen molar-refractivity contribution in [1.82, 2.24) is 9.97 Å². The van der Waals surface area contributed by atoms with E-state index >= 15 is 0 Å². The van der Waals surface area contributed by atoms with Crippen molar-refractivity contribution in [3.63, 3.8) is 0 Å². The average molecular weight is 1010 g/mol. The Bertz CT molecular complexity index is 2650. The average Bonchev–Trinajstić information content (AvgIpc) is 4.26. The second-order valence-corrected chi connectivity index (χ2v) is 25.3. The summed E-state index contributed by atoms with van der Waals surface area (Å²) in [5.74, 6) is 0. The van der Waals surface area contributed by atoms with Gasteiger partial charge in [-0.15, -0.1) is 22.7 Å². The van der Waals surface area contributed by atoms with Gasteiger partial charge in [0, 0.05) is 15.7 Å². The molecular formula is C64H82N2S4. The zero-order chi connectivity index (χ0) is 48.2. The Morgan fingerprint density at radius 3 is 1.31 bits per heavy atom. The van der Waals surface area contributed by atoms with E-state index in [-0.39, 0.29) is 10.8 Å². The number of thiophene rings is 2. The van der Waals surface area contributed by atoms with Crippen LogP contribution in [-0.2, 0) is 10.8 Å². The number of fused-ring (bicyclic) bond motifs is 7. The van der Waals surface area contributed by atoms with Crippen LogP contribution in [0.1, 0.15) is 230 Å². The first-order valence-corrected chi connectivity index (χ1v) is 31.7. The fraction of sp³-hybridized carbons (Fsp3) is 0.531. The minimum atomic E-state index is 0.00959. The topological polar surface area (TPSA) is 25.8 Å². The zero-order valence-corrected chi connectivity index (χ0v) is 46.7. The van der Waals surface area contributed by atoms with Gasteiger partial charge >= 0.3 is 0 Å². The van der Waals surface area contributed by atoms with Crippen LogP contribution >= 0.6 is 45.3 Å². The second-order valence-electron chi connectivity index (χ2n) is 21.3. The molecule has 0 unspecified atom stereocenters. The molecule has 372 valence electrons. The van der Waals surface area contributed by atoms with Gasteiger partial charge < -0.3 is 0 Å². The molecule has 0 amide bonds. The molecule has 3 aromatic carbocycles. The molecule has 4 heterocycles. The molecule has 70 heavy (non-hydrogen) atoms. The van der Waals surface area contributed by atoms with Gasteiger partial charge in [-0.1, -0.05) is 247 Å². The first kappa shape index (κ1) is 51.5. The fourth-order valence-corrected chi connectivity index (χ4v) is 16.5. The summed E-state index contributed by atoms with van der Waals surface area (Å²) in [4.78, 5) is 16.1. The summed E-state index contributed by atoms with van der Waals surface area (Å²) in [5.41, 5.74) is 14.2. The molecule has 2 nitrogen and oxygen atoms in total. The summed E-state index contributed by atoms with van der Waals surface area (Å²) in [6, 6.07) is 32.1. The summed E-state index contributed by atoms with van der Waals surface area (Å²) in [6.45, 7) is 9.39. The largest absolute Gasteiger partial charge is 0.222 e. The monoisotopic (exact) mass is 1010 g/mol. The third-order valence-electron chi connectivity index (χ3n) is 16.4.